The molecule has 1 aliphatic rings. The smallest absolute Gasteiger partial charge is 0.265 e. The van der Waals surface area contributed by atoms with E-state index >= 15 is 0 Å². The van der Waals surface area contributed by atoms with Crippen LogP contribution < -0.4 is 9.62 Å². The number of benzene rings is 3. The van der Waals surface area contributed by atoms with Gasteiger partial charge in [0, 0.05) is 35.5 Å². The number of thioether (sulfide) groups is 1. The number of hydrogen-bond donors (Lipinski definition) is 1. The molecule has 0 bridgehead atoms. The van der Waals surface area contributed by atoms with Crippen molar-refractivity contribution in [3.8, 4) is 0 Å². The fraction of sp³-hybridized carbons (Fsp3) is 0.227. The van der Waals surface area contributed by atoms with Crippen LogP contribution in [0.2, 0.25) is 0 Å². The van der Waals surface area contributed by atoms with Gasteiger partial charge in [-0.3, -0.25) is 9.10 Å². The van der Waals surface area contributed by atoms with E-state index in [2.05, 4.69) is 5.32 Å². The number of carbonyl (C=O) groups excluding carboxylic acids is 1. The number of amides is 1. The number of sulfonamides is 1. The quantitative estimate of drug-likeness (QED) is 0.436. The number of anilines is 1. The predicted octanol–water partition coefficient (Wildman–Crippen LogP) is 4.04. The van der Waals surface area contributed by atoms with Crippen molar-refractivity contribution in [3.05, 3.63) is 66.7 Å². The summed E-state index contributed by atoms with van der Waals surface area (Å²) in [5.74, 6) is 0.749. The summed E-state index contributed by atoms with van der Waals surface area (Å²) < 4.78 is 27.3. The second kappa shape index (κ2) is 8.47. The summed E-state index contributed by atoms with van der Waals surface area (Å²) in [7, 11) is -3.55. The van der Waals surface area contributed by atoms with Crippen LogP contribution in [0.3, 0.4) is 0 Å². The first-order chi connectivity index (χ1) is 14.1. The molecule has 1 heterocycles. The molecule has 0 spiro atoms. The first-order valence-electron chi connectivity index (χ1n) is 9.56. The molecule has 0 atom stereocenters. The summed E-state index contributed by atoms with van der Waals surface area (Å²) in [5.41, 5.74) is 0.706. The first kappa shape index (κ1) is 19.8. The maximum atomic E-state index is 12.9. The van der Waals surface area contributed by atoms with Crippen LogP contribution in [0.15, 0.2) is 76.5 Å². The zero-order valence-electron chi connectivity index (χ0n) is 15.9. The predicted molar refractivity (Wildman–Crippen MR) is 118 cm³/mol. The second-order valence-electron chi connectivity index (χ2n) is 6.82. The van der Waals surface area contributed by atoms with Gasteiger partial charge in [-0.2, -0.15) is 0 Å². The minimum absolute atomic E-state index is 0.0500. The van der Waals surface area contributed by atoms with E-state index in [1.54, 1.807) is 23.9 Å². The van der Waals surface area contributed by atoms with Crippen LogP contribution in [-0.2, 0) is 14.8 Å². The van der Waals surface area contributed by atoms with Crippen LogP contribution in [0, 0.1) is 0 Å². The van der Waals surface area contributed by atoms with Crippen molar-refractivity contribution < 1.29 is 13.2 Å². The van der Waals surface area contributed by atoms with Gasteiger partial charge in [0.15, 0.2) is 0 Å². The Morgan fingerprint density at radius 1 is 0.966 bits per heavy atom. The molecule has 4 rings (SSSR count). The largest absolute Gasteiger partial charge is 0.355 e. The lowest BCUT2D eigenvalue weighted by Gasteiger charge is -2.18. The Hall–Kier alpha value is -2.51. The standard InChI is InChI=1S/C22H22N2O3S2/c25-21(23-14-16-28-18-9-2-1-3-10-18)13-6-15-24-19-11-4-7-17-8-5-12-20(22(17)19)29(24,26)27/h1-5,7-12H,6,13-16H2,(H,23,25). The molecule has 3 aromatic carbocycles. The van der Waals surface area contributed by atoms with Gasteiger partial charge in [-0.25, -0.2) is 8.42 Å². The number of nitrogens with zero attached hydrogens (tertiary/aromatic N) is 1. The maximum absolute atomic E-state index is 12.9. The monoisotopic (exact) mass is 426 g/mol. The van der Waals surface area contributed by atoms with Crippen molar-refractivity contribution in [1.29, 1.82) is 0 Å². The Morgan fingerprint density at radius 3 is 2.52 bits per heavy atom. The summed E-state index contributed by atoms with van der Waals surface area (Å²) >= 11 is 1.69. The molecule has 5 nitrogen and oxygen atoms in total. The highest BCUT2D eigenvalue weighted by molar-refractivity contribution is 7.99. The van der Waals surface area contributed by atoms with Gasteiger partial charge in [0.1, 0.15) is 0 Å². The molecule has 1 aliphatic heterocycles. The SMILES string of the molecule is O=C(CCCN1c2cccc3cccc(c23)S1(=O)=O)NCCSc1ccccc1. The van der Waals surface area contributed by atoms with E-state index in [-0.39, 0.29) is 5.91 Å². The molecule has 0 radical (unpaired) electrons. The summed E-state index contributed by atoms with van der Waals surface area (Å²) in [6, 6.07) is 21.0. The zero-order chi connectivity index (χ0) is 20.3. The first-order valence-corrected chi connectivity index (χ1v) is 12.0. The summed E-state index contributed by atoms with van der Waals surface area (Å²) in [6.45, 7) is 0.882. The third-order valence-corrected chi connectivity index (χ3v) is 7.75. The Labute approximate surface area is 175 Å². The lowest BCUT2D eigenvalue weighted by Crippen LogP contribution is -2.30. The molecule has 0 saturated heterocycles. The van der Waals surface area contributed by atoms with Crippen LogP contribution in [0.5, 0.6) is 0 Å². The van der Waals surface area contributed by atoms with Gasteiger partial charge in [-0.15, -0.1) is 11.8 Å². The lowest BCUT2D eigenvalue weighted by molar-refractivity contribution is -0.121. The molecule has 1 amide bonds. The van der Waals surface area contributed by atoms with E-state index in [1.165, 1.54) is 9.20 Å². The zero-order valence-corrected chi connectivity index (χ0v) is 17.5. The normalized spacial score (nSPS) is 14.3. The van der Waals surface area contributed by atoms with E-state index in [0.29, 0.717) is 36.5 Å². The van der Waals surface area contributed by atoms with E-state index in [0.717, 1.165) is 16.5 Å². The number of rotatable bonds is 8. The van der Waals surface area contributed by atoms with Crippen molar-refractivity contribution in [1.82, 2.24) is 5.32 Å². The average molecular weight is 427 g/mol. The molecule has 0 unspecified atom stereocenters. The molecule has 0 aromatic heterocycles. The van der Waals surface area contributed by atoms with E-state index in [4.69, 9.17) is 0 Å². The van der Waals surface area contributed by atoms with Crippen molar-refractivity contribution in [2.45, 2.75) is 22.6 Å². The van der Waals surface area contributed by atoms with Crippen LogP contribution in [0.25, 0.3) is 10.8 Å². The molecule has 0 saturated carbocycles. The minimum atomic E-state index is -3.55. The maximum Gasteiger partial charge on any atom is 0.265 e. The number of nitrogens with one attached hydrogen (secondary N) is 1. The molecule has 150 valence electrons. The molecular formula is C22H22N2O3S2. The van der Waals surface area contributed by atoms with Gasteiger partial charge in [-0.1, -0.05) is 42.5 Å². The fourth-order valence-electron chi connectivity index (χ4n) is 3.55. The van der Waals surface area contributed by atoms with Gasteiger partial charge in [0.05, 0.1) is 10.6 Å². The van der Waals surface area contributed by atoms with Gasteiger partial charge in [-0.05, 0) is 36.1 Å². The van der Waals surface area contributed by atoms with Crippen molar-refractivity contribution >= 4 is 44.2 Å². The molecule has 0 fully saturated rings. The van der Waals surface area contributed by atoms with Gasteiger partial charge < -0.3 is 5.32 Å². The average Bonchev–Trinajstić information content (AvgIpc) is 2.95. The Bertz CT molecular complexity index is 1130. The van der Waals surface area contributed by atoms with Crippen molar-refractivity contribution in [3.63, 3.8) is 0 Å². The molecule has 0 aliphatic carbocycles. The Morgan fingerprint density at radius 2 is 1.72 bits per heavy atom. The van der Waals surface area contributed by atoms with Gasteiger partial charge >= 0.3 is 0 Å². The Kier molecular flexibility index (Phi) is 5.78. The molecular weight excluding hydrogens is 404 g/mol. The van der Waals surface area contributed by atoms with Gasteiger partial charge in [0.25, 0.3) is 10.0 Å². The van der Waals surface area contributed by atoms with Gasteiger partial charge in [0.2, 0.25) is 5.91 Å². The number of hydrogen-bond acceptors (Lipinski definition) is 4. The van der Waals surface area contributed by atoms with Crippen LogP contribution in [0.4, 0.5) is 5.69 Å². The van der Waals surface area contributed by atoms with Crippen LogP contribution >= 0.6 is 11.8 Å². The molecule has 3 aromatic rings. The topological polar surface area (TPSA) is 66.5 Å². The summed E-state index contributed by atoms with van der Waals surface area (Å²) in [6.07, 6.45) is 0.773. The molecule has 7 heteroatoms. The third kappa shape index (κ3) is 4.11. The highest BCUT2D eigenvalue weighted by Gasteiger charge is 2.34. The molecule has 1 N–H and O–H groups in total. The highest BCUT2D eigenvalue weighted by atomic mass is 32.2. The van der Waals surface area contributed by atoms with Crippen molar-refractivity contribution in [2.75, 3.05) is 23.1 Å². The second-order valence-corrected chi connectivity index (χ2v) is 9.82. The fourth-order valence-corrected chi connectivity index (χ4v) is 6.08. The summed E-state index contributed by atoms with van der Waals surface area (Å²) in [4.78, 5) is 13.6. The van der Waals surface area contributed by atoms with E-state index < -0.39 is 10.0 Å². The number of carbonyl (C=O) groups is 1. The third-order valence-electron chi connectivity index (χ3n) is 4.88. The van der Waals surface area contributed by atoms with E-state index in [1.807, 2.05) is 54.6 Å². The van der Waals surface area contributed by atoms with Crippen LogP contribution in [-0.4, -0.2) is 33.2 Å². The highest BCUT2D eigenvalue weighted by Crippen LogP contribution is 2.41. The van der Waals surface area contributed by atoms with Crippen molar-refractivity contribution in [2.24, 2.45) is 0 Å². The lowest BCUT2D eigenvalue weighted by atomic mass is 10.1. The minimum Gasteiger partial charge on any atom is -0.355 e. The van der Waals surface area contributed by atoms with Crippen LogP contribution in [0.1, 0.15) is 12.8 Å². The summed E-state index contributed by atoms with van der Waals surface area (Å²) in [5, 5.41) is 4.60. The van der Waals surface area contributed by atoms with E-state index in [9.17, 15) is 13.2 Å². The molecule has 29 heavy (non-hydrogen) atoms. The Balaban J connectivity index is 1.29.